The van der Waals surface area contributed by atoms with Gasteiger partial charge < -0.3 is 9.64 Å². The van der Waals surface area contributed by atoms with Gasteiger partial charge in [0.25, 0.3) is 0 Å². The number of amides is 1. The lowest BCUT2D eigenvalue weighted by Crippen LogP contribution is -2.31. The molecule has 138 valence electrons. The van der Waals surface area contributed by atoms with Gasteiger partial charge in [0.15, 0.2) is 0 Å². The van der Waals surface area contributed by atoms with Crippen molar-refractivity contribution < 1.29 is 9.53 Å². The number of carbonyl (C=O) groups is 1. The molecule has 1 aliphatic heterocycles. The van der Waals surface area contributed by atoms with Gasteiger partial charge in [-0.2, -0.15) is 0 Å². The minimum Gasteiger partial charge on any atom is -0.450 e. The Morgan fingerprint density at radius 3 is 2.81 bits per heavy atom. The SMILES string of the molecule is CCOC(=O)N1CCCc2nc3ccc(Cl)cc3c(-c3ccccc3)c2C1. The summed E-state index contributed by atoms with van der Waals surface area (Å²) in [5, 5.41) is 1.69. The molecular weight excluding hydrogens is 360 g/mol. The number of benzene rings is 2. The molecule has 3 aromatic rings. The normalized spacial score (nSPS) is 13.9. The lowest BCUT2D eigenvalue weighted by Gasteiger charge is -2.22. The number of rotatable bonds is 2. The summed E-state index contributed by atoms with van der Waals surface area (Å²) >= 11 is 6.30. The molecule has 0 saturated heterocycles. The van der Waals surface area contributed by atoms with Crippen molar-refractivity contribution >= 4 is 28.6 Å². The first-order chi connectivity index (χ1) is 13.2. The summed E-state index contributed by atoms with van der Waals surface area (Å²) < 4.78 is 5.25. The fraction of sp³-hybridized carbons (Fsp3) is 0.273. The third kappa shape index (κ3) is 3.50. The van der Waals surface area contributed by atoms with Crippen LogP contribution in [0.4, 0.5) is 4.79 Å². The average molecular weight is 381 g/mol. The monoisotopic (exact) mass is 380 g/mol. The van der Waals surface area contributed by atoms with Gasteiger partial charge >= 0.3 is 6.09 Å². The number of ether oxygens (including phenoxy) is 1. The molecule has 27 heavy (non-hydrogen) atoms. The first kappa shape index (κ1) is 17.8. The van der Waals surface area contributed by atoms with Crippen LogP contribution in [-0.4, -0.2) is 29.1 Å². The van der Waals surface area contributed by atoms with E-state index < -0.39 is 0 Å². The molecule has 5 heteroatoms. The molecule has 0 bridgehead atoms. The third-order valence-corrected chi connectivity index (χ3v) is 5.15. The number of fused-ring (bicyclic) bond motifs is 2. The van der Waals surface area contributed by atoms with E-state index in [1.165, 1.54) is 0 Å². The van der Waals surface area contributed by atoms with Crippen LogP contribution >= 0.6 is 11.6 Å². The van der Waals surface area contributed by atoms with Crippen LogP contribution in [0.3, 0.4) is 0 Å². The van der Waals surface area contributed by atoms with Crippen LogP contribution in [0.5, 0.6) is 0 Å². The van der Waals surface area contributed by atoms with Gasteiger partial charge in [-0.05, 0) is 49.1 Å². The van der Waals surface area contributed by atoms with Crippen LogP contribution in [0, 0.1) is 0 Å². The van der Waals surface area contributed by atoms with Crippen molar-refractivity contribution in [1.82, 2.24) is 9.88 Å². The molecule has 0 atom stereocenters. The number of pyridine rings is 1. The van der Waals surface area contributed by atoms with E-state index in [9.17, 15) is 4.79 Å². The van der Waals surface area contributed by atoms with Gasteiger partial charge in [0.2, 0.25) is 0 Å². The number of aromatic nitrogens is 1. The topological polar surface area (TPSA) is 42.4 Å². The van der Waals surface area contributed by atoms with Crippen LogP contribution < -0.4 is 0 Å². The minimum absolute atomic E-state index is 0.268. The molecule has 4 rings (SSSR count). The second-order valence-electron chi connectivity index (χ2n) is 6.66. The van der Waals surface area contributed by atoms with Crippen molar-refractivity contribution in [2.24, 2.45) is 0 Å². The fourth-order valence-corrected chi connectivity index (χ4v) is 3.89. The second-order valence-corrected chi connectivity index (χ2v) is 7.10. The van der Waals surface area contributed by atoms with Crippen LogP contribution in [0.1, 0.15) is 24.6 Å². The Bertz CT molecular complexity index is 989. The lowest BCUT2D eigenvalue weighted by atomic mass is 9.93. The van der Waals surface area contributed by atoms with E-state index in [-0.39, 0.29) is 6.09 Å². The van der Waals surface area contributed by atoms with E-state index in [0.29, 0.717) is 24.7 Å². The Morgan fingerprint density at radius 1 is 1.22 bits per heavy atom. The molecule has 0 saturated carbocycles. The van der Waals surface area contributed by atoms with Gasteiger partial charge in [-0.15, -0.1) is 0 Å². The van der Waals surface area contributed by atoms with Crippen LogP contribution in [0.25, 0.3) is 22.0 Å². The summed E-state index contributed by atoms with van der Waals surface area (Å²) in [6.07, 6.45) is 1.44. The molecule has 1 aromatic heterocycles. The van der Waals surface area contributed by atoms with Crippen LogP contribution in [0.15, 0.2) is 48.5 Å². The Morgan fingerprint density at radius 2 is 2.04 bits per heavy atom. The molecule has 0 aliphatic carbocycles. The van der Waals surface area contributed by atoms with Crippen molar-refractivity contribution in [3.05, 3.63) is 64.8 Å². The average Bonchev–Trinajstić information content (AvgIpc) is 2.89. The lowest BCUT2D eigenvalue weighted by molar-refractivity contribution is 0.105. The van der Waals surface area contributed by atoms with E-state index >= 15 is 0 Å². The smallest absolute Gasteiger partial charge is 0.410 e. The first-order valence-corrected chi connectivity index (χ1v) is 9.63. The number of carbonyl (C=O) groups excluding carboxylic acids is 1. The molecular formula is C22H21ClN2O2. The van der Waals surface area contributed by atoms with Gasteiger partial charge in [-0.3, -0.25) is 4.98 Å². The maximum atomic E-state index is 12.4. The molecule has 1 amide bonds. The third-order valence-electron chi connectivity index (χ3n) is 4.91. The zero-order valence-electron chi connectivity index (χ0n) is 15.2. The largest absolute Gasteiger partial charge is 0.450 e. The van der Waals surface area contributed by atoms with E-state index in [1.807, 2.05) is 43.3 Å². The van der Waals surface area contributed by atoms with E-state index in [4.69, 9.17) is 21.3 Å². The quantitative estimate of drug-likeness (QED) is 0.592. The van der Waals surface area contributed by atoms with Crippen molar-refractivity contribution in [3.63, 3.8) is 0 Å². The van der Waals surface area contributed by atoms with Crippen LogP contribution in [0.2, 0.25) is 5.02 Å². The Labute approximate surface area is 163 Å². The highest BCUT2D eigenvalue weighted by molar-refractivity contribution is 6.31. The van der Waals surface area contributed by atoms with Gasteiger partial charge in [0.05, 0.1) is 18.7 Å². The van der Waals surface area contributed by atoms with Gasteiger partial charge in [0, 0.05) is 28.2 Å². The summed E-state index contributed by atoms with van der Waals surface area (Å²) in [5.41, 5.74) is 5.28. The minimum atomic E-state index is -0.268. The van der Waals surface area contributed by atoms with E-state index in [0.717, 1.165) is 46.1 Å². The van der Waals surface area contributed by atoms with Crippen molar-refractivity contribution in [3.8, 4) is 11.1 Å². The predicted octanol–water partition coefficient (Wildman–Crippen LogP) is 5.46. The second kappa shape index (κ2) is 7.57. The molecule has 2 heterocycles. The number of halogens is 1. The van der Waals surface area contributed by atoms with Gasteiger partial charge in [-0.1, -0.05) is 41.9 Å². The van der Waals surface area contributed by atoms with Gasteiger partial charge in [0.1, 0.15) is 0 Å². The summed E-state index contributed by atoms with van der Waals surface area (Å²) in [6, 6.07) is 16.1. The molecule has 0 unspecified atom stereocenters. The number of aryl methyl sites for hydroxylation is 1. The number of nitrogens with zero attached hydrogens (tertiary/aromatic N) is 2. The zero-order chi connectivity index (χ0) is 18.8. The first-order valence-electron chi connectivity index (χ1n) is 9.25. The highest BCUT2D eigenvalue weighted by Crippen LogP contribution is 2.36. The number of hydrogen-bond acceptors (Lipinski definition) is 3. The van der Waals surface area contributed by atoms with Crippen molar-refractivity contribution in [2.75, 3.05) is 13.2 Å². The Balaban J connectivity index is 1.94. The van der Waals surface area contributed by atoms with E-state index in [1.54, 1.807) is 4.90 Å². The molecule has 2 aromatic carbocycles. The molecule has 0 N–H and O–H groups in total. The maximum absolute atomic E-state index is 12.4. The summed E-state index contributed by atoms with van der Waals surface area (Å²) in [7, 11) is 0. The molecule has 0 radical (unpaired) electrons. The zero-order valence-corrected chi connectivity index (χ0v) is 16.0. The standard InChI is InChI=1S/C22H21ClN2O2/c1-2-27-22(26)25-12-6-9-19-18(14-25)21(15-7-4-3-5-8-15)17-13-16(23)10-11-20(17)24-19/h3-5,7-8,10-11,13H,2,6,9,12,14H2,1H3. The summed E-state index contributed by atoms with van der Waals surface area (Å²) in [5.74, 6) is 0. The van der Waals surface area contributed by atoms with Gasteiger partial charge in [-0.25, -0.2) is 4.79 Å². The predicted molar refractivity (Wildman–Crippen MR) is 108 cm³/mol. The Hall–Kier alpha value is -2.59. The molecule has 0 spiro atoms. The molecule has 1 aliphatic rings. The molecule has 4 nitrogen and oxygen atoms in total. The number of hydrogen-bond donors (Lipinski definition) is 0. The van der Waals surface area contributed by atoms with Crippen LogP contribution in [-0.2, 0) is 17.7 Å². The maximum Gasteiger partial charge on any atom is 0.410 e. The Kier molecular flexibility index (Phi) is 4.99. The fourth-order valence-electron chi connectivity index (χ4n) is 3.72. The van der Waals surface area contributed by atoms with E-state index in [2.05, 4.69) is 12.1 Å². The highest BCUT2D eigenvalue weighted by Gasteiger charge is 2.25. The highest BCUT2D eigenvalue weighted by atomic mass is 35.5. The summed E-state index contributed by atoms with van der Waals surface area (Å²) in [6.45, 7) is 3.36. The molecule has 0 fully saturated rings. The summed E-state index contributed by atoms with van der Waals surface area (Å²) in [4.78, 5) is 19.1. The van der Waals surface area contributed by atoms with Crippen molar-refractivity contribution in [2.45, 2.75) is 26.3 Å². The van der Waals surface area contributed by atoms with Crippen molar-refractivity contribution in [1.29, 1.82) is 0 Å².